The molecule has 27 heavy (non-hydrogen) atoms. The van der Waals surface area contributed by atoms with E-state index in [1.165, 1.54) is 13.0 Å². The number of carbonyl (C=O) groups is 2. The van der Waals surface area contributed by atoms with Gasteiger partial charge in [0.1, 0.15) is 17.6 Å². The molecule has 1 heterocycles. The Kier molecular flexibility index (Phi) is 5.60. The van der Waals surface area contributed by atoms with E-state index in [0.717, 1.165) is 29.0 Å². The van der Waals surface area contributed by atoms with Crippen molar-refractivity contribution in [2.24, 2.45) is 0 Å². The summed E-state index contributed by atoms with van der Waals surface area (Å²) in [4.78, 5) is 23.5. The summed E-state index contributed by atoms with van der Waals surface area (Å²) in [5, 5.41) is 2.78. The molecule has 2 aromatic carbocycles. The highest BCUT2D eigenvalue weighted by atomic mass is 16.5. The van der Waals surface area contributed by atoms with Crippen LogP contribution in [0.1, 0.15) is 42.3 Å². The van der Waals surface area contributed by atoms with Gasteiger partial charge in [0.2, 0.25) is 5.91 Å². The molecule has 0 aliphatic carbocycles. The molecule has 0 spiro atoms. The lowest BCUT2D eigenvalue weighted by Crippen LogP contribution is -2.08. The Labute approximate surface area is 159 Å². The third-order valence-corrected chi connectivity index (χ3v) is 4.30. The molecule has 1 atom stereocenters. The van der Waals surface area contributed by atoms with E-state index in [2.05, 4.69) is 5.32 Å². The van der Waals surface area contributed by atoms with Gasteiger partial charge in [-0.25, -0.2) is 0 Å². The minimum Gasteiger partial charge on any atom is -0.493 e. The quantitative estimate of drug-likeness (QED) is 0.613. The van der Waals surface area contributed by atoms with Crippen molar-refractivity contribution >= 4 is 23.5 Å². The molecule has 0 saturated carbocycles. The van der Waals surface area contributed by atoms with E-state index in [0.29, 0.717) is 17.9 Å². The molecule has 1 aliphatic rings. The zero-order valence-corrected chi connectivity index (χ0v) is 15.7. The van der Waals surface area contributed by atoms with Crippen molar-refractivity contribution in [3.63, 3.8) is 0 Å². The number of Topliss-reactive ketones (excluding diaryl/α,β-unsaturated/α-hetero) is 1. The average molecular weight is 365 g/mol. The van der Waals surface area contributed by atoms with Crippen LogP contribution in [-0.2, 0) is 11.2 Å². The molecule has 1 unspecified atom stereocenters. The van der Waals surface area contributed by atoms with E-state index in [-0.39, 0.29) is 17.8 Å². The number of hydrogen-bond acceptors (Lipinski definition) is 4. The van der Waals surface area contributed by atoms with Crippen molar-refractivity contribution in [3.05, 3.63) is 59.2 Å². The second kappa shape index (κ2) is 8.08. The van der Waals surface area contributed by atoms with Crippen molar-refractivity contribution in [2.75, 3.05) is 11.9 Å². The predicted octanol–water partition coefficient (Wildman–Crippen LogP) is 4.26. The van der Waals surface area contributed by atoms with Crippen LogP contribution in [-0.4, -0.2) is 24.4 Å². The summed E-state index contributed by atoms with van der Waals surface area (Å²) in [6.45, 7) is 6.01. The number of carbonyl (C=O) groups excluding carboxylic acids is 2. The summed E-state index contributed by atoms with van der Waals surface area (Å²) < 4.78 is 11.5. The third-order valence-electron chi connectivity index (χ3n) is 4.30. The Morgan fingerprint density at radius 1 is 1.26 bits per heavy atom. The van der Waals surface area contributed by atoms with Crippen molar-refractivity contribution < 1.29 is 19.1 Å². The molecule has 0 aromatic heterocycles. The molecule has 0 fully saturated rings. The number of fused-ring (bicyclic) bond motifs is 1. The van der Waals surface area contributed by atoms with E-state index in [1.54, 1.807) is 30.3 Å². The number of amides is 1. The number of nitrogens with one attached hydrogen (secondary N) is 1. The van der Waals surface area contributed by atoms with Gasteiger partial charge in [0.25, 0.3) is 0 Å². The smallest absolute Gasteiger partial charge is 0.248 e. The van der Waals surface area contributed by atoms with Crippen molar-refractivity contribution in [2.45, 2.75) is 33.3 Å². The Hall–Kier alpha value is -3.08. The minimum absolute atomic E-state index is 0.00984. The van der Waals surface area contributed by atoms with Crippen LogP contribution >= 0.6 is 0 Å². The Balaban J connectivity index is 1.73. The van der Waals surface area contributed by atoms with Gasteiger partial charge in [-0.15, -0.1) is 0 Å². The molecule has 5 nitrogen and oxygen atoms in total. The van der Waals surface area contributed by atoms with Gasteiger partial charge >= 0.3 is 0 Å². The molecular formula is C22H23NO4. The standard InChI is InChI=1S/C22H23NO4/c1-4-26-20-13-18-11-14(2)27-21(18)12-17(20)7-10-22(25)23-19-8-5-16(6-9-19)15(3)24/h5-10,12-14H,4,11H2,1-3H3,(H,23,25)/b10-7+. The highest BCUT2D eigenvalue weighted by Crippen LogP contribution is 2.35. The zero-order chi connectivity index (χ0) is 19.4. The van der Waals surface area contributed by atoms with E-state index >= 15 is 0 Å². The van der Waals surface area contributed by atoms with Crippen LogP contribution in [0.4, 0.5) is 5.69 Å². The monoisotopic (exact) mass is 365 g/mol. The number of benzene rings is 2. The van der Waals surface area contributed by atoms with Gasteiger partial charge in [-0.2, -0.15) is 0 Å². The first kappa shape index (κ1) is 18.7. The highest BCUT2D eigenvalue weighted by Gasteiger charge is 2.21. The first-order chi connectivity index (χ1) is 13.0. The maximum absolute atomic E-state index is 12.2. The fourth-order valence-electron chi connectivity index (χ4n) is 3.00. The van der Waals surface area contributed by atoms with Crippen molar-refractivity contribution in [1.82, 2.24) is 0 Å². The topological polar surface area (TPSA) is 64.6 Å². The van der Waals surface area contributed by atoms with E-state index in [1.807, 2.05) is 26.0 Å². The van der Waals surface area contributed by atoms with Crippen LogP contribution < -0.4 is 14.8 Å². The fourth-order valence-corrected chi connectivity index (χ4v) is 3.00. The van der Waals surface area contributed by atoms with Gasteiger partial charge in [0.05, 0.1) is 6.61 Å². The van der Waals surface area contributed by atoms with Gasteiger partial charge in [-0.05, 0) is 63.2 Å². The lowest BCUT2D eigenvalue weighted by Gasteiger charge is -2.10. The summed E-state index contributed by atoms with van der Waals surface area (Å²) in [5.74, 6) is 1.31. The van der Waals surface area contributed by atoms with Gasteiger partial charge < -0.3 is 14.8 Å². The molecule has 1 aliphatic heterocycles. The first-order valence-corrected chi connectivity index (χ1v) is 9.02. The molecular weight excluding hydrogens is 342 g/mol. The second-order valence-corrected chi connectivity index (χ2v) is 6.52. The highest BCUT2D eigenvalue weighted by molar-refractivity contribution is 6.02. The van der Waals surface area contributed by atoms with Gasteiger partial charge in [0.15, 0.2) is 5.78 Å². The molecule has 0 radical (unpaired) electrons. The summed E-state index contributed by atoms with van der Waals surface area (Å²) in [6.07, 6.45) is 4.18. The lowest BCUT2D eigenvalue weighted by atomic mass is 10.1. The molecule has 1 N–H and O–H groups in total. The largest absolute Gasteiger partial charge is 0.493 e. The minimum atomic E-state index is -0.261. The van der Waals surface area contributed by atoms with Gasteiger partial charge in [-0.1, -0.05) is 0 Å². The molecule has 2 aromatic rings. The number of rotatable bonds is 6. The summed E-state index contributed by atoms with van der Waals surface area (Å²) in [5.41, 5.74) is 3.16. The Morgan fingerprint density at radius 3 is 2.67 bits per heavy atom. The lowest BCUT2D eigenvalue weighted by molar-refractivity contribution is -0.111. The average Bonchev–Trinajstić information content (AvgIpc) is 2.99. The zero-order valence-electron chi connectivity index (χ0n) is 15.7. The molecule has 0 saturated heterocycles. The predicted molar refractivity (Wildman–Crippen MR) is 106 cm³/mol. The summed E-state index contributed by atoms with van der Waals surface area (Å²) >= 11 is 0. The molecule has 3 rings (SSSR count). The fraction of sp³-hybridized carbons (Fsp3) is 0.273. The van der Waals surface area contributed by atoms with Gasteiger partial charge in [0, 0.05) is 34.9 Å². The van der Waals surface area contributed by atoms with Crippen LogP contribution in [0.15, 0.2) is 42.5 Å². The Morgan fingerprint density at radius 2 is 2.00 bits per heavy atom. The normalized spacial score (nSPS) is 15.3. The summed E-state index contributed by atoms with van der Waals surface area (Å²) in [7, 11) is 0. The number of ketones is 1. The van der Waals surface area contributed by atoms with Crippen LogP contribution in [0.5, 0.6) is 11.5 Å². The first-order valence-electron chi connectivity index (χ1n) is 9.02. The van der Waals surface area contributed by atoms with Crippen LogP contribution in [0, 0.1) is 0 Å². The van der Waals surface area contributed by atoms with Crippen LogP contribution in [0.2, 0.25) is 0 Å². The molecule has 0 bridgehead atoms. The number of hydrogen-bond donors (Lipinski definition) is 1. The number of anilines is 1. The third kappa shape index (κ3) is 4.56. The maximum atomic E-state index is 12.2. The van der Waals surface area contributed by atoms with E-state index < -0.39 is 0 Å². The molecule has 140 valence electrons. The maximum Gasteiger partial charge on any atom is 0.248 e. The van der Waals surface area contributed by atoms with Crippen LogP contribution in [0.3, 0.4) is 0 Å². The van der Waals surface area contributed by atoms with Crippen LogP contribution in [0.25, 0.3) is 6.08 Å². The second-order valence-electron chi connectivity index (χ2n) is 6.52. The van der Waals surface area contributed by atoms with E-state index in [4.69, 9.17) is 9.47 Å². The van der Waals surface area contributed by atoms with Crippen molar-refractivity contribution in [1.29, 1.82) is 0 Å². The van der Waals surface area contributed by atoms with Gasteiger partial charge in [-0.3, -0.25) is 9.59 Å². The Bertz CT molecular complexity index is 884. The molecule has 1 amide bonds. The SMILES string of the molecule is CCOc1cc2c(cc1/C=C/C(=O)Nc1ccc(C(C)=O)cc1)OC(C)C2. The van der Waals surface area contributed by atoms with E-state index in [9.17, 15) is 9.59 Å². The number of ether oxygens (including phenoxy) is 2. The summed E-state index contributed by atoms with van der Waals surface area (Å²) in [6, 6.07) is 10.7. The van der Waals surface area contributed by atoms with Crippen molar-refractivity contribution in [3.8, 4) is 11.5 Å². The molecule has 5 heteroatoms.